The lowest BCUT2D eigenvalue weighted by Crippen LogP contribution is -2.44. The standard InChI is InChI=1S/C15H22N2/c1-11-9-16-10-12-5-4-6-13-14(12)17(11)8-7-15(13,2)3/h4-6,11,16H,7-10H2,1-3H3/t11-/m1/s1. The van der Waals surface area contributed by atoms with Crippen LogP contribution in [-0.2, 0) is 12.0 Å². The molecule has 1 aromatic rings. The molecule has 0 spiro atoms. The van der Waals surface area contributed by atoms with Gasteiger partial charge in [0.05, 0.1) is 0 Å². The van der Waals surface area contributed by atoms with E-state index in [4.69, 9.17) is 0 Å². The Morgan fingerprint density at radius 3 is 3.00 bits per heavy atom. The normalized spacial score (nSPS) is 26.3. The van der Waals surface area contributed by atoms with E-state index in [0.29, 0.717) is 11.5 Å². The van der Waals surface area contributed by atoms with Crippen LogP contribution in [0, 0.1) is 0 Å². The maximum Gasteiger partial charge on any atom is 0.0452 e. The summed E-state index contributed by atoms with van der Waals surface area (Å²) in [6, 6.07) is 7.42. The summed E-state index contributed by atoms with van der Waals surface area (Å²) >= 11 is 0. The molecule has 2 aliphatic rings. The van der Waals surface area contributed by atoms with Crippen molar-refractivity contribution in [2.75, 3.05) is 18.0 Å². The summed E-state index contributed by atoms with van der Waals surface area (Å²) in [6.45, 7) is 10.4. The van der Waals surface area contributed by atoms with Crippen LogP contribution in [-0.4, -0.2) is 19.1 Å². The Hall–Kier alpha value is -1.02. The van der Waals surface area contributed by atoms with E-state index in [1.807, 2.05) is 0 Å². The highest BCUT2D eigenvalue weighted by atomic mass is 15.2. The van der Waals surface area contributed by atoms with E-state index in [9.17, 15) is 0 Å². The lowest BCUT2D eigenvalue weighted by atomic mass is 9.76. The van der Waals surface area contributed by atoms with Gasteiger partial charge in [-0.1, -0.05) is 32.0 Å². The second kappa shape index (κ2) is 3.74. The highest BCUT2D eigenvalue weighted by Gasteiger charge is 2.35. The van der Waals surface area contributed by atoms with Gasteiger partial charge in [-0.25, -0.2) is 0 Å². The first-order chi connectivity index (χ1) is 8.09. The summed E-state index contributed by atoms with van der Waals surface area (Å²) in [7, 11) is 0. The van der Waals surface area contributed by atoms with Crippen LogP contribution < -0.4 is 10.2 Å². The molecule has 0 aromatic heterocycles. The third-order valence-corrected chi connectivity index (χ3v) is 4.40. The molecule has 2 heteroatoms. The smallest absolute Gasteiger partial charge is 0.0452 e. The quantitative estimate of drug-likeness (QED) is 0.737. The van der Waals surface area contributed by atoms with Crippen LogP contribution in [0.5, 0.6) is 0 Å². The maximum absolute atomic E-state index is 3.56. The Morgan fingerprint density at radius 2 is 2.18 bits per heavy atom. The van der Waals surface area contributed by atoms with Gasteiger partial charge in [0.1, 0.15) is 0 Å². The lowest BCUT2D eigenvalue weighted by molar-refractivity contribution is 0.437. The molecule has 0 unspecified atom stereocenters. The molecule has 0 fully saturated rings. The molecule has 92 valence electrons. The second-order valence-corrected chi connectivity index (χ2v) is 6.12. The molecule has 0 saturated heterocycles. The number of hydrogen-bond acceptors (Lipinski definition) is 2. The first-order valence-electron chi connectivity index (χ1n) is 6.69. The number of nitrogens with one attached hydrogen (secondary N) is 1. The molecule has 1 atom stereocenters. The molecular formula is C15H22N2. The fourth-order valence-electron chi connectivity index (χ4n) is 3.23. The molecule has 17 heavy (non-hydrogen) atoms. The van der Waals surface area contributed by atoms with Gasteiger partial charge in [0.15, 0.2) is 0 Å². The maximum atomic E-state index is 3.56. The first-order valence-corrected chi connectivity index (χ1v) is 6.69. The van der Waals surface area contributed by atoms with E-state index in [1.165, 1.54) is 29.8 Å². The zero-order chi connectivity index (χ0) is 12.0. The molecular weight excluding hydrogens is 208 g/mol. The first kappa shape index (κ1) is 11.1. The van der Waals surface area contributed by atoms with Crippen LogP contribution in [0.15, 0.2) is 18.2 Å². The third-order valence-electron chi connectivity index (χ3n) is 4.40. The van der Waals surface area contributed by atoms with E-state index >= 15 is 0 Å². The van der Waals surface area contributed by atoms with Crippen molar-refractivity contribution in [3.63, 3.8) is 0 Å². The zero-order valence-corrected chi connectivity index (χ0v) is 11.1. The van der Waals surface area contributed by atoms with Gasteiger partial charge < -0.3 is 10.2 Å². The van der Waals surface area contributed by atoms with Gasteiger partial charge >= 0.3 is 0 Å². The van der Waals surface area contributed by atoms with Crippen molar-refractivity contribution in [3.8, 4) is 0 Å². The Bertz CT molecular complexity index is 437. The summed E-state index contributed by atoms with van der Waals surface area (Å²) < 4.78 is 0. The lowest BCUT2D eigenvalue weighted by Gasteiger charge is -2.43. The van der Waals surface area contributed by atoms with Crippen molar-refractivity contribution in [1.29, 1.82) is 0 Å². The molecule has 0 saturated carbocycles. The average Bonchev–Trinajstić information content (AvgIpc) is 2.44. The molecule has 2 nitrogen and oxygen atoms in total. The van der Waals surface area contributed by atoms with Crippen molar-refractivity contribution in [3.05, 3.63) is 29.3 Å². The van der Waals surface area contributed by atoms with Crippen LogP contribution in [0.1, 0.15) is 38.3 Å². The van der Waals surface area contributed by atoms with E-state index < -0.39 is 0 Å². The van der Waals surface area contributed by atoms with Gasteiger partial charge in [0, 0.05) is 31.4 Å². The van der Waals surface area contributed by atoms with Crippen molar-refractivity contribution < 1.29 is 0 Å². The van der Waals surface area contributed by atoms with E-state index in [1.54, 1.807) is 0 Å². The van der Waals surface area contributed by atoms with Gasteiger partial charge in [-0.15, -0.1) is 0 Å². The number of benzene rings is 1. The molecule has 2 heterocycles. The minimum atomic E-state index is 0.325. The Labute approximate surface area is 104 Å². The Kier molecular flexibility index (Phi) is 2.44. The molecule has 0 amide bonds. The van der Waals surface area contributed by atoms with Crippen molar-refractivity contribution in [2.24, 2.45) is 0 Å². The van der Waals surface area contributed by atoms with Crippen LogP contribution >= 0.6 is 0 Å². The van der Waals surface area contributed by atoms with Gasteiger partial charge in [-0.3, -0.25) is 0 Å². The number of nitrogens with zero attached hydrogens (tertiary/aromatic N) is 1. The molecule has 0 aliphatic carbocycles. The summed E-state index contributed by atoms with van der Waals surface area (Å²) in [5.41, 5.74) is 4.85. The van der Waals surface area contributed by atoms with Gasteiger partial charge in [0.2, 0.25) is 0 Å². The van der Waals surface area contributed by atoms with Crippen LogP contribution in [0.4, 0.5) is 5.69 Å². The number of rotatable bonds is 0. The fourth-order valence-corrected chi connectivity index (χ4v) is 3.23. The third kappa shape index (κ3) is 1.66. The Morgan fingerprint density at radius 1 is 1.35 bits per heavy atom. The number of hydrogen-bond donors (Lipinski definition) is 1. The van der Waals surface area contributed by atoms with Gasteiger partial charge in [-0.2, -0.15) is 0 Å². The molecule has 1 aromatic carbocycles. The second-order valence-electron chi connectivity index (χ2n) is 6.12. The van der Waals surface area contributed by atoms with Crippen molar-refractivity contribution >= 4 is 5.69 Å². The van der Waals surface area contributed by atoms with E-state index in [2.05, 4.69) is 49.2 Å². The number of anilines is 1. The fraction of sp³-hybridized carbons (Fsp3) is 0.600. The van der Waals surface area contributed by atoms with Crippen molar-refractivity contribution in [1.82, 2.24) is 5.32 Å². The monoisotopic (exact) mass is 230 g/mol. The zero-order valence-electron chi connectivity index (χ0n) is 11.1. The summed E-state index contributed by atoms with van der Waals surface area (Å²) in [5.74, 6) is 0. The molecule has 3 rings (SSSR count). The highest BCUT2D eigenvalue weighted by molar-refractivity contribution is 5.65. The summed E-state index contributed by atoms with van der Waals surface area (Å²) in [6.07, 6.45) is 1.26. The molecule has 0 radical (unpaired) electrons. The summed E-state index contributed by atoms with van der Waals surface area (Å²) in [4.78, 5) is 2.61. The minimum absolute atomic E-state index is 0.325. The number of para-hydroxylation sites is 1. The summed E-state index contributed by atoms with van der Waals surface area (Å²) in [5, 5.41) is 3.56. The largest absolute Gasteiger partial charge is 0.367 e. The predicted molar refractivity (Wildman–Crippen MR) is 72.6 cm³/mol. The van der Waals surface area contributed by atoms with E-state index in [0.717, 1.165) is 13.1 Å². The molecule has 0 bridgehead atoms. The van der Waals surface area contributed by atoms with Crippen LogP contribution in [0.3, 0.4) is 0 Å². The van der Waals surface area contributed by atoms with Gasteiger partial charge in [0.25, 0.3) is 0 Å². The molecule has 2 aliphatic heterocycles. The van der Waals surface area contributed by atoms with E-state index in [-0.39, 0.29) is 0 Å². The Balaban J connectivity index is 2.20. The van der Waals surface area contributed by atoms with Crippen LogP contribution in [0.25, 0.3) is 0 Å². The minimum Gasteiger partial charge on any atom is -0.367 e. The van der Waals surface area contributed by atoms with Gasteiger partial charge in [-0.05, 0) is 29.9 Å². The van der Waals surface area contributed by atoms with Crippen molar-refractivity contribution in [2.45, 2.75) is 45.2 Å². The average molecular weight is 230 g/mol. The SMILES string of the molecule is C[C@@H]1CNCc2cccc3c2N1CCC3(C)C. The topological polar surface area (TPSA) is 15.3 Å². The van der Waals surface area contributed by atoms with Crippen LogP contribution in [0.2, 0.25) is 0 Å². The highest BCUT2D eigenvalue weighted by Crippen LogP contribution is 2.42. The predicted octanol–water partition coefficient (Wildman–Crippen LogP) is 2.67. The molecule has 1 N–H and O–H groups in total.